The van der Waals surface area contributed by atoms with Crippen LogP contribution in [0.3, 0.4) is 0 Å². The van der Waals surface area contributed by atoms with Gasteiger partial charge in [0.05, 0.1) is 5.69 Å². The van der Waals surface area contributed by atoms with Crippen LogP contribution in [0.5, 0.6) is 0 Å². The third-order valence-electron chi connectivity index (χ3n) is 2.02. The average molecular weight is 243 g/mol. The van der Waals surface area contributed by atoms with Gasteiger partial charge in [0.2, 0.25) is 0 Å². The lowest BCUT2D eigenvalue weighted by Crippen LogP contribution is -2.30. The summed E-state index contributed by atoms with van der Waals surface area (Å²) in [6.07, 6.45) is 0.323. The molecule has 88 valence electrons. The number of carbonyl (C=O) groups is 1. The first-order valence-corrected chi connectivity index (χ1v) is 5.34. The number of nitrogens with two attached hydrogens (primary N) is 1. The number of nitrogens with zero attached hydrogens (tertiary/aromatic N) is 4. The summed E-state index contributed by atoms with van der Waals surface area (Å²) < 4.78 is 3.69. The van der Waals surface area contributed by atoms with Crippen molar-refractivity contribution in [1.29, 1.82) is 0 Å². The first-order chi connectivity index (χ1) is 7.56. The van der Waals surface area contributed by atoms with Crippen molar-refractivity contribution in [2.75, 3.05) is 13.6 Å². The van der Waals surface area contributed by atoms with Gasteiger partial charge in [0.25, 0.3) is 5.91 Å². The molecule has 0 fully saturated rings. The number of rotatable bonds is 4. The minimum atomic E-state index is -0.154. The standard InChI is InChI=1S/C8H13N5O2S/c1-5-7(16-12-10-5)8(14)13(2)4-3-6(9)11-15/h15H,3-4H2,1-2H3,(H2,9,11). The molecule has 0 saturated carbocycles. The van der Waals surface area contributed by atoms with E-state index in [0.29, 0.717) is 23.5 Å². The Kier molecular flexibility index (Phi) is 4.18. The number of hydrogen-bond acceptors (Lipinski definition) is 6. The van der Waals surface area contributed by atoms with Crippen LogP contribution in [0.25, 0.3) is 0 Å². The molecule has 0 bridgehead atoms. The SMILES string of the molecule is Cc1nnsc1C(=O)N(C)CCC(N)=NO. The molecular formula is C8H13N5O2S. The van der Waals surface area contributed by atoms with E-state index in [1.807, 2.05) is 0 Å². The van der Waals surface area contributed by atoms with E-state index in [1.54, 1.807) is 14.0 Å². The van der Waals surface area contributed by atoms with Gasteiger partial charge in [-0.1, -0.05) is 9.64 Å². The molecular weight excluding hydrogens is 230 g/mol. The molecule has 1 rings (SSSR count). The highest BCUT2D eigenvalue weighted by Crippen LogP contribution is 2.11. The van der Waals surface area contributed by atoms with Crippen molar-refractivity contribution in [3.8, 4) is 0 Å². The highest BCUT2D eigenvalue weighted by atomic mass is 32.1. The minimum absolute atomic E-state index is 0.0961. The molecule has 0 spiro atoms. The van der Waals surface area contributed by atoms with Crippen molar-refractivity contribution < 1.29 is 10.0 Å². The van der Waals surface area contributed by atoms with E-state index in [9.17, 15) is 4.79 Å². The van der Waals surface area contributed by atoms with Crippen molar-refractivity contribution in [3.63, 3.8) is 0 Å². The summed E-state index contributed by atoms with van der Waals surface area (Å²) >= 11 is 1.06. The fourth-order valence-corrected chi connectivity index (χ4v) is 1.69. The molecule has 0 radical (unpaired) electrons. The van der Waals surface area contributed by atoms with Crippen molar-refractivity contribution in [2.45, 2.75) is 13.3 Å². The van der Waals surface area contributed by atoms with Crippen LogP contribution in [0, 0.1) is 6.92 Å². The predicted molar refractivity (Wildman–Crippen MR) is 59.6 cm³/mol. The molecule has 0 aromatic carbocycles. The molecule has 1 heterocycles. The van der Waals surface area contributed by atoms with Gasteiger partial charge in [0.1, 0.15) is 10.7 Å². The predicted octanol–water partition coefficient (Wildman–Crippen LogP) is 0.0550. The fraction of sp³-hybridized carbons (Fsp3) is 0.500. The van der Waals surface area contributed by atoms with Crippen molar-refractivity contribution in [3.05, 3.63) is 10.6 Å². The summed E-state index contributed by atoms with van der Waals surface area (Å²) in [5, 5.41) is 15.0. The van der Waals surface area contributed by atoms with Crippen LogP contribution in [0.4, 0.5) is 0 Å². The second-order valence-corrected chi connectivity index (χ2v) is 4.01. The number of oxime groups is 1. The Balaban J connectivity index is 2.58. The smallest absolute Gasteiger partial charge is 0.267 e. The van der Waals surface area contributed by atoms with Gasteiger partial charge in [-0.05, 0) is 18.5 Å². The number of amidine groups is 1. The fourth-order valence-electron chi connectivity index (χ4n) is 1.03. The third kappa shape index (κ3) is 2.89. The Labute approximate surface area is 96.7 Å². The molecule has 0 atom stereocenters. The monoisotopic (exact) mass is 243 g/mol. The first kappa shape index (κ1) is 12.4. The Morgan fingerprint density at radius 3 is 2.88 bits per heavy atom. The van der Waals surface area contributed by atoms with Crippen molar-refractivity contribution in [1.82, 2.24) is 14.5 Å². The average Bonchev–Trinajstić information content (AvgIpc) is 2.70. The summed E-state index contributed by atoms with van der Waals surface area (Å²) in [7, 11) is 1.64. The molecule has 1 aromatic heterocycles. The maximum absolute atomic E-state index is 11.8. The van der Waals surface area contributed by atoms with Crippen LogP contribution in [0.1, 0.15) is 21.8 Å². The largest absolute Gasteiger partial charge is 0.409 e. The molecule has 3 N–H and O–H groups in total. The molecule has 1 aromatic rings. The Hall–Kier alpha value is -1.70. The Morgan fingerprint density at radius 2 is 2.38 bits per heavy atom. The van der Waals surface area contributed by atoms with E-state index >= 15 is 0 Å². The lowest BCUT2D eigenvalue weighted by Gasteiger charge is -2.15. The molecule has 0 aliphatic carbocycles. The molecule has 0 aliphatic rings. The third-order valence-corrected chi connectivity index (χ3v) is 2.84. The van der Waals surface area contributed by atoms with Crippen LogP contribution >= 0.6 is 11.5 Å². The summed E-state index contributed by atoms with van der Waals surface area (Å²) in [4.78, 5) is 13.8. The van der Waals surface area contributed by atoms with E-state index in [0.717, 1.165) is 11.5 Å². The maximum atomic E-state index is 11.8. The van der Waals surface area contributed by atoms with Gasteiger partial charge in [0, 0.05) is 20.0 Å². The van der Waals surface area contributed by atoms with Gasteiger partial charge in [-0.25, -0.2) is 0 Å². The normalized spacial score (nSPS) is 11.5. The molecule has 0 saturated heterocycles. The molecule has 0 unspecified atom stereocenters. The zero-order valence-electron chi connectivity index (χ0n) is 9.04. The molecule has 8 heteroatoms. The lowest BCUT2D eigenvalue weighted by molar-refractivity contribution is 0.0802. The van der Waals surface area contributed by atoms with E-state index in [1.165, 1.54) is 4.90 Å². The topological polar surface area (TPSA) is 105 Å². The highest BCUT2D eigenvalue weighted by molar-refractivity contribution is 7.07. The quantitative estimate of drug-likeness (QED) is 0.336. The lowest BCUT2D eigenvalue weighted by atomic mass is 10.3. The summed E-state index contributed by atoms with van der Waals surface area (Å²) in [6, 6.07) is 0. The van der Waals surface area contributed by atoms with Crippen molar-refractivity contribution in [2.24, 2.45) is 10.9 Å². The van der Waals surface area contributed by atoms with Crippen LogP contribution in [0.15, 0.2) is 5.16 Å². The van der Waals surface area contributed by atoms with Crippen LogP contribution in [-0.4, -0.2) is 45.0 Å². The molecule has 16 heavy (non-hydrogen) atoms. The molecule has 1 amide bonds. The van der Waals surface area contributed by atoms with Crippen LogP contribution in [-0.2, 0) is 0 Å². The van der Waals surface area contributed by atoms with Gasteiger partial charge in [0.15, 0.2) is 0 Å². The number of carbonyl (C=O) groups excluding carboxylic acids is 1. The second-order valence-electron chi connectivity index (χ2n) is 3.26. The van der Waals surface area contributed by atoms with E-state index in [2.05, 4.69) is 14.7 Å². The highest BCUT2D eigenvalue weighted by Gasteiger charge is 2.17. The minimum Gasteiger partial charge on any atom is -0.409 e. The maximum Gasteiger partial charge on any atom is 0.267 e. The van der Waals surface area contributed by atoms with Crippen LogP contribution in [0.2, 0.25) is 0 Å². The second kappa shape index (κ2) is 5.40. The zero-order chi connectivity index (χ0) is 12.1. The summed E-state index contributed by atoms with van der Waals surface area (Å²) in [5.74, 6) is -0.0583. The number of aryl methyl sites for hydroxylation is 1. The van der Waals surface area contributed by atoms with E-state index < -0.39 is 0 Å². The number of aromatic nitrogens is 2. The number of hydrogen-bond donors (Lipinski definition) is 2. The first-order valence-electron chi connectivity index (χ1n) is 4.57. The molecule has 0 aliphatic heterocycles. The Bertz CT molecular complexity index is 403. The van der Waals surface area contributed by atoms with Gasteiger partial charge >= 0.3 is 0 Å². The van der Waals surface area contributed by atoms with Gasteiger partial charge in [-0.15, -0.1) is 5.10 Å². The van der Waals surface area contributed by atoms with Gasteiger partial charge in [-0.2, -0.15) is 0 Å². The van der Waals surface area contributed by atoms with Crippen LogP contribution < -0.4 is 5.73 Å². The van der Waals surface area contributed by atoms with Gasteiger partial charge in [-0.3, -0.25) is 4.79 Å². The zero-order valence-corrected chi connectivity index (χ0v) is 9.86. The Morgan fingerprint density at radius 1 is 1.69 bits per heavy atom. The number of amides is 1. The van der Waals surface area contributed by atoms with Gasteiger partial charge < -0.3 is 15.8 Å². The summed E-state index contributed by atoms with van der Waals surface area (Å²) in [5.41, 5.74) is 5.93. The molecule has 7 nitrogen and oxygen atoms in total. The summed E-state index contributed by atoms with van der Waals surface area (Å²) in [6.45, 7) is 2.11. The van der Waals surface area contributed by atoms with E-state index in [-0.39, 0.29) is 11.7 Å². The van der Waals surface area contributed by atoms with Crippen molar-refractivity contribution >= 4 is 23.3 Å². The van der Waals surface area contributed by atoms with E-state index in [4.69, 9.17) is 10.9 Å².